The summed E-state index contributed by atoms with van der Waals surface area (Å²) in [7, 11) is 0. The molecule has 5 aliphatic rings. The van der Waals surface area contributed by atoms with E-state index < -0.39 is 118 Å². The molecular weight excluding hydrogens is 760 g/mol. The second-order valence-electron chi connectivity index (χ2n) is 15.4. The van der Waals surface area contributed by atoms with Crippen LogP contribution >= 0.6 is 0 Å². The molecule has 2 aromatic rings. The lowest BCUT2D eigenvalue weighted by atomic mass is 9.87. The molecule has 7 rings (SSSR count). The Morgan fingerprint density at radius 2 is 1.26 bits per heavy atom. The molecule has 11 N–H and O–H groups in total. The van der Waals surface area contributed by atoms with Crippen LogP contribution in [0.4, 0.5) is 0 Å². The number of rotatable bonds is 10. The Morgan fingerprint density at radius 3 is 1.93 bits per heavy atom. The van der Waals surface area contributed by atoms with E-state index in [0.29, 0.717) is 23.5 Å². The summed E-state index contributed by atoms with van der Waals surface area (Å²) in [6.07, 6.45) is -20.3. The monoisotopic (exact) mass is 810 g/mol. The van der Waals surface area contributed by atoms with Crippen molar-refractivity contribution in [1.82, 2.24) is 0 Å². The van der Waals surface area contributed by atoms with Crippen LogP contribution in [-0.4, -0.2) is 180 Å². The summed E-state index contributed by atoms with van der Waals surface area (Å²) >= 11 is 0. The van der Waals surface area contributed by atoms with Crippen molar-refractivity contribution in [3.8, 4) is 23.0 Å². The highest BCUT2D eigenvalue weighted by Gasteiger charge is 2.51. The van der Waals surface area contributed by atoms with Crippen molar-refractivity contribution >= 4 is 6.08 Å². The van der Waals surface area contributed by atoms with E-state index in [2.05, 4.69) is 0 Å². The van der Waals surface area contributed by atoms with Crippen molar-refractivity contribution in [2.24, 2.45) is 0 Å². The van der Waals surface area contributed by atoms with Gasteiger partial charge in [-0.05, 0) is 50.1 Å². The topological polar surface area (TPSA) is 296 Å². The number of aliphatic hydroxyl groups is 11. The van der Waals surface area contributed by atoms with Crippen LogP contribution in [0.25, 0.3) is 6.08 Å². The third kappa shape index (κ3) is 8.21. The van der Waals surface area contributed by atoms with E-state index in [9.17, 15) is 56.2 Å². The SMILES string of the molecule is CC1(C)C=Cc2c(ccc3c2OC[C@@H](c2ccc(O[C@H]4O[C@H](CO)[C@@H](O)[C@H](O)[C@H]4O)cc2O[C@H]2O[C@H](CO)[C@@H](O[C@H]4O[C@H](CO)[C@@H](O)[C@H](O)[C@H]4O)[C@H](O)[C@H]2O)C3)O1. The van der Waals surface area contributed by atoms with Gasteiger partial charge in [-0.25, -0.2) is 0 Å². The van der Waals surface area contributed by atoms with Gasteiger partial charge < -0.3 is 94.1 Å². The Labute approximate surface area is 326 Å². The molecule has 57 heavy (non-hydrogen) atoms. The quantitative estimate of drug-likeness (QED) is 0.112. The number of fused-ring (bicyclic) bond motifs is 3. The van der Waals surface area contributed by atoms with E-state index in [0.717, 1.165) is 11.1 Å². The van der Waals surface area contributed by atoms with Gasteiger partial charge in [0.25, 0.3) is 0 Å². The molecular formula is C38H50O19. The number of hydrogen-bond acceptors (Lipinski definition) is 19. The van der Waals surface area contributed by atoms with Gasteiger partial charge in [0.15, 0.2) is 6.29 Å². The lowest BCUT2D eigenvalue weighted by molar-refractivity contribution is -0.352. The summed E-state index contributed by atoms with van der Waals surface area (Å²) in [5.74, 6) is 1.01. The smallest absolute Gasteiger partial charge is 0.229 e. The van der Waals surface area contributed by atoms with Gasteiger partial charge in [0.05, 0.1) is 32.0 Å². The fourth-order valence-corrected chi connectivity index (χ4v) is 7.62. The lowest BCUT2D eigenvalue weighted by Gasteiger charge is -2.46. The maximum Gasteiger partial charge on any atom is 0.229 e. The Morgan fingerprint density at radius 1 is 0.667 bits per heavy atom. The van der Waals surface area contributed by atoms with Crippen molar-refractivity contribution in [3.63, 3.8) is 0 Å². The average Bonchev–Trinajstić information content (AvgIpc) is 3.20. The van der Waals surface area contributed by atoms with Crippen LogP contribution in [0.2, 0.25) is 0 Å². The van der Waals surface area contributed by atoms with E-state index in [4.69, 9.17) is 37.9 Å². The molecule has 19 heteroatoms. The summed E-state index contributed by atoms with van der Waals surface area (Å²) < 4.78 is 47.0. The molecule has 5 aliphatic heterocycles. The van der Waals surface area contributed by atoms with Crippen LogP contribution in [0.1, 0.15) is 36.5 Å². The molecule has 0 unspecified atom stereocenters. The molecule has 2 aromatic carbocycles. The summed E-state index contributed by atoms with van der Waals surface area (Å²) in [5.41, 5.74) is 1.69. The first-order valence-corrected chi connectivity index (χ1v) is 18.7. The predicted octanol–water partition coefficient (Wildman–Crippen LogP) is -3.23. The standard InChI is InChI=1S/C38H50O19/c1-38(2)8-7-19-20(57-38)6-3-15-9-16(14-50-33(15)19)18-5-4-17(51-35-30(47)27(44)25(42)22(11-39)53-35)10-21(18)52-36-32(49)29(46)34(24(13-41)55-36)56-37-31(48)28(45)26(43)23(12-40)54-37/h3-8,10,16,22-32,34-37,39-49H,9,11-14H2,1-2H3/t16-,22+,23+,24+,25+,26+,27-,28-,29+,30+,31+,32+,34+,35-,36-,37+/m0/s1. The zero-order valence-corrected chi connectivity index (χ0v) is 31.0. The van der Waals surface area contributed by atoms with Crippen molar-refractivity contribution < 1.29 is 94.1 Å². The van der Waals surface area contributed by atoms with Crippen molar-refractivity contribution in [3.05, 3.63) is 53.1 Å². The average molecular weight is 811 g/mol. The summed E-state index contributed by atoms with van der Waals surface area (Å²) in [5, 5.41) is 114. The normalized spacial score (nSPS) is 39.9. The lowest BCUT2D eigenvalue weighted by Crippen LogP contribution is -2.65. The summed E-state index contributed by atoms with van der Waals surface area (Å²) in [6.45, 7) is 1.81. The highest BCUT2D eigenvalue weighted by Crippen LogP contribution is 2.45. The molecule has 0 radical (unpaired) electrons. The Balaban J connectivity index is 1.16. The van der Waals surface area contributed by atoms with Gasteiger partial charge in [0, 0.05) is 17.5 Å². The first kappa shape index (κ1) is 41.9. The van der Waals surface area contributed by atoms with Gasteiger partial charge in [0.1, 0.15) is 102 Å². The molecule has 19 nitrogen and oxygen atoms in total. The van der Waals surface area contributed by atoms with E-state index >= 15 is 0 Å². The van der Waals surface area contributed by atoms with Crippen molar-refractivity contribution in [1.29, 1.82) is 0 Å². The molecule has 0 aliphatic carbocycles. The van der Waals surface area contributed by atoms with E-state index in [1.165, 1.54) is 12.1 Å². The van der Waals surface area contributed by atoms with Gasteiger partial charge in [0.2, 0.25) is 12.6 Å². The molecule has 0 saturated carbocycles. The summed E-state index contributed by atoms with van der Waals surface area (Å²) in [6, 6.07) is 8.31. The van der Waals surface area contributed by atoms with Crippen LogP contribution in [0.3, 0.4) is 0 Å². The third-order valence-corrected chi connectivity index (χ3v) is 10.9. The van der Waals surface area contributed by atoms with Gasteiger partial charge in [-0.2, -0.15) is 0 Å². The van der Waals surface area contributed by atoms with Crippen LogP contribution < -0.4 is 18.9 Å². The fraction of sp³-hybridized carbons (Fsp3) is 0.632. The van der Waals surface area contributed by atoms with Crippen LogP contribution in [0, 0.1) is 0 Å². The second-order valence-corrected chi connectivity index (χ2v) is 15.4. The van der Waals surface area contributed by atoms with Crippen molar-refractivity contribution in [2.45, 2.75) is 124 Å². The minimum absolute atomic E-state index is 0.0163. The van der Waals surface area contributed by atoms with Gasteiger partial charge in [-0.15, -0.1) is 0 Å². The van der Waals surface area contributed by atoms with E-state index in [1.807, 2.05) is 38.1 Å². The third-order valence-electron chi connectivity index (χ3n) is 10.9. The highest BCUT2D eigenvalue weighted by atomic mass is 16.7. The highest BCUT2D eigenvalue weighted by molar-refractivity contribution is 5.69. The zero-order chi connectivity index (χ0) is 40.9. The van der Waals surface area contributed by atoms with E-state index in [1.54, 1.807) is 6.07 Å². The van der Waals surface area contributed by atoms with Crippen LogP contribution in [0.15, 0.2) is 36.4 Å². The Bertz CT molecular complexity index is 1730. The second kappa shape index (κ2) is 16.8. The zero-order valence-electron chi connectivity index (χ0n) is 31.0. The molecule has 0 aromatic heterocycles. The number of ether oxygens (including phenoxy) is 8. The van der Waals surface area contributed by atoms with Crippen LogP contribution in [-0.2, 0) is 25.4 Å². The molecule has 0 amide bonds. The molecule has 0 spiro atoms. The summed E-state index contributed by atoms with van der Waals surface area (Å²) in [4.78, 5) is 0. The predicted molar refractivity (Wildman–Crippen MR) is 190 cm³/mol. The maximum absolute atomic E-state index is 11.3. The molecule has 16 atom stereocenters. The number of benzene rings is 2. The van der Waals surface area contributed by atoms with Crippen molar-refractivity contribution in [2.75, 3.05) is 26.4 Å². The molecule has 3 fully saturated rings. The molecule has 3 saturated heterocycles. The Hall–Kier alpha value is -3.22. The number of hydrogen-bond donors (Lipinski definition) is 11. The molecule has 5 heterocycles. The van der Waals surface area contributed by atoms with E-state index in [-0.39, 0.29) is 24.0 Å². The Kier molecular flexibility index (Phi) is 12.4. The number of aliphatic hydroxyl groups excluding tert-OH is 11. The molecule has 0 bridgehead atoms. The van der Waals surface area contributed by atoms with Crippen LogP contribution in [0.5, 0.6) is 23.0 Å². The van der Waals surface area contributed by atoms with Gasteiger partial charge in [-0.3, -0.25) is 0 Å². The largest absolute Gasteiger partial charge is 0.492 e. The fourth-order valence-electron chi connectivity index (χ4n) is 7.62. The first-order valence-electron chi connectivity index (χ1n) is 18.7. The molecule has 316 valence electrons. The first-order chi connectivity index (χ1) is 27.1. The minimum atomic E-state index is -1.88. The van der Waals surface area contributed by atoms with Gasteiger partial charge >= 0.3 is 0 Å². The minimum Gasteiger partial charge on any atom is -0.492 e. The van der Waals surface area contributed by atoms with Gasteiger partial charge in [-0.1, -0.05) is 12.1 Å². The maximum atomic E-state index is 11.3.